The molecule has 2 aliphatic heterocycles. The van der Waals surface area contributed by atoms with Gasteiger partial charge >= 0.3 is 11.4 Å². The lowest BCUT2D eigenvalue weighted by Gasteiger charge is -2.37. The minimum Gasteiger partial charge on any atom is -0.497 e. The highest BCUT2D eigenvalue weighted by molar-refractivity contribution is 5.76. The first kappa shape index (κ1) is 60.0. The summed E-state index contributed by atoms with van der Waals surface area (Å²) < 4.78 is 31.7. The van der Waals surface area contributed by atoms with Crippen LogP contribution >= 0.6 is 0 Å². The third-order valence-electron chi connectivity index (χ3n) is 11.9. The Hall–Kier alpha value is -7.56. The topological polar surface area (TPSA) is 275 Å². The van der Waals surface area contributed by atoms with Crippen molar-refractivity contribution in [3.8, 4) is 35.2 Å². The zero-order valence-electron chi connectivity index (χ0n) is 40.9. The summed E-state index contributed by atoms with van der Waals surface area (Å²) >= 11 is 0. The van der Waals surface area contributed by atoms with Gasteiger partial charge in [0.25, 0.3) is 11.1 Å². The molecule has 5 aromatic rings. The lowest BCUT2D eigenvalue weighted by atomic mass is 9.80. The summed E-state index contributed by atoms with van der Waals surface area (Å²) in [6, 6.07) is 24.9. The third-order valence-corrected chi connectivity index (χ3v) is 11.9. The van der Waals surface area contributed by atoms with Crippen molar-refractivity contribution in [2.75, 3.05) is 40.5 Å². The maximum absolute atomic E-state index is 12.8. The van der Waals surface area contributed by atoms with E-state index in [-0.39, 0.29) is 76.9 Å². The highest BCUT2D eigenvalue weighted by atomic mass is 16.6. The molecular formula is C55H68N6O14. The van der Waals surface area contributed by atoms with Crippen LogP contribution in [0.25, 0.3) is 0 Å². The molecule has 0 aliphatic carbocycles. The quantitative estimate of drug-likeness (QED) is 0.0521. The van der Waals surface area contributed by atoms with Crippen molar-refractivity contribution in [1.82, 2.24) is 29.7 Å². The van der Waals surface area contributed by atoms with Crippen molar-refractivity contribution in [2.24, 2.45) is 0 Å². The Morgan fingerprint density at radius 2 is 1.08 bits per heavy atom. The van der Waals surface area contributed by atoms with Crippen LogP contribution in [0.3, 0.4) is 0 Å². The predicted octanol–water partition coefficient (Wildman–Crippen LogP) is 3.20. The number of aliphatic hydroxyl groups excluding tert-OH is 3. The van der Waals surface area contributed by atoms with Crippen LogP contribution in [0.15, 0.2) is 110 Å². The van der Waals surface area contributed by atoms with Crippen LogP contribution in [0.4, 0.5) is 0 Å². The Bertz CT molecular complexity index is 2970. The van der Waals surface area contributed by atoms with E-state index in [1.165, 1.54) is 17.0 Å². The van der Waals surface area contributed by atoms with Crippen molar-refractivity contribution in [3.63, 3.8) is 0 Å². The number of H-pyrrole nitrogens is 2. The van der Waals surface area contributed by atoms with E-state index in [1.807, 2.05) is 92.7 Å². The Kier molecular flexibility index (Phi) is 23.0. The van der Waals surface area contributed by atoms with Crippen LogP contribution in [0, 0.1) is 23.7 Å². The standard InChI is InChI=1S/C37H39N3O8.C16H21N3O6.2CH4/c1-4-9-33(42)38-21-8-10-25-23-40(36(44)39-35(25)43)34-22-31(41)32(48-34)24-47-37(26-11-6-5-7-12-26,27-13-17-29(45-2)18-14-27)28-15-19-30(46-3)20-16-28;1-2-4-13(22)17-6-3-5-10-8-19(16(24)18-15(10)23)14-7-11(21)12(9-20)25-14;;/h5-7,11-20,23,31-32,34,41H,4,9,21-22,24H2,1-3H3,(H,38,42)(H,39,43,44);8,11-12,14,20-21H,2,4,6-7,9H2,1H3,(H,17,22)(H,18,23,24);2*1H4. The number of nitrogens with zero attached hydrogens (tertiary/aromatic N) is 2. The number of methoxy groups -OCH3 is 2. The number of hydrogen-bond donors (Lipinski definition) is 7. The highest BCUT2D eigenvalue weighted by Crippen LogP contribution is 2.43. The maximum atomic E-state index is 12.8. The number of aliphatic hydroxyl groups is 3. The van der Waals surface area contributed by atoms with Gasteiger partial charge in [-0.25, -0.2) is 9.59 Å². The molecule has 0 saturated carbocycles. The van der Waals surface area contributed by atoms with E-state index in [0.717, 1.165) is 27.7 Å². The zero-order valence-corrected chi connectivity index (χ0v) is 40.9. The van der Waals surface area contributed by atoms with Gasteiger partial charge in [0, 0.05) is 38.1 Å². The summed E-state index contributed by atoms with van der Waals surface area (Å²) in [6.07, 6.45) is -0.237. The number of carbonyl (C=O) groups is 2. The van der Waals surface area contributed by atoms with Crippen molar-refractivity contribution in [1.29, 1.82) is 0 Å². The molecule has 7 N–H and O–H groups in total. The van der Waals surface area contributed by atoms with Gasteiger partial charge in [0.15, 0.2) is 0 Å². The molecule has 2 fully saturated rings. The molecule has 2 aromatic heterocycles. The molecule has 20 heteroatoms. The molecule has 7 rings (SSSR count). The van der Waals surface area contributed by atoms with E-state index in [2.05, 4.69) is 44.3 Å². The molecular weight excluding hydrogens is 969 g/mol. The molecule has 402 valence electrons. The van der Waals surface area contributed by atoms with E-state index >= 15 is 0 Å². The van der Waals surface area contributed by atoms with E-state index in [1.54, 1.807) is 14.2 Å². The van der Waals surface area contributed by atoms with E-state index < -0.39 is 65.0 Å². The second-order valence-corrected chi connectivity index (χ2v) is 16.9. The summed E-state index contributed by atoms with van der Waals surface area (Å²) in [4.78, 5) is 76.6. The number of carbonyl (C=O) groups excluding carboxylic acids is 2. The zero-order chi connectivity index (χ0) is 52.5. The predicted molar refractivity (Wildman–Crippen MR) is 280 cm³/mol. The fraction of sp³-hybridized carbons (Fsp3) is 0.418. The molecule has 4 heterocycles. The third kappa shape index (κ3) is 15.3. The first-order valence-corrected chi connectivity index (χ1v) is 23.7. The number of amides is 2. The van der Waals surface area contributed by atoms with Gasteiger partial charge < -0.3 is 49.6 Å². The maximum Gasteiger partial charge on any atom is 0.330 e. The molecule has 0 radical (unpaired) electrons. The molecule has 3 aromatic carbocycles. The van der Waals surface area contributed by atoms with Gasteiger partial charge in [0.2, 0.25) is 11.8 Å². The monoisotopic (exact) mass is 1040 g/mol. The van der Waals surface area contributed by atoms with Crippen LogP contribution < -0.4 is 42.6 Å². The highest BCUT2D eigenvalue weighted by Gasteiger charge is 2.42. The lowest BCUT2D eigenvalue weighted by molar-refractivity contribution is -0.121. The molecule has 20 nitrogen and oxygen atoms in total. The second kappa shape index (κ2) is 28.8. The Morgan fingerprint density at radius 1 is 0.667 bits per heavy atom. The van der Waals surface area contributed by atoms with Gasteiger partial charge in [0.05, 0.1) is 52.7 Å². The molecule has 0 spiro atoms. The largest absolute Gasteiger partial charge is 0.497 e. The van der Waals surface area contributed by atoms with E-state index in [9.17, 15) is 39.0 Å². The summed E-state index contributed by atoms with van der Waals surface area (Å²) in [7, 11) is 3.21. The fourth-order valence-corrected chi connectivity index (χ4v) is 8.14. The first-order valence-electron chi connectivity index (χ1n) is 23.7. The van der Waals surface area contributed by atoms with Gasteiger partial charge in [-0.1, -0.05) is 107 Å². The number of hydrogen-bond acceptors (Lipinski definition) is 14. The van der Waals surface area contributed by atoms with Crippen molar-refractivity contribution >= 4 is 11.8 Å². The van der Waals surface area contributed by atoms with Crippen LogP contribution in [-0.4, -0.2) is 111 Å². The number of nitrogens with one attached hydrogen (secondary N) is 4. The summed E-state index contributed by atoms with van der Waals surface area (Å²) in [6.45, 7) is 3.50. The minimum absolute atomic E-state index is 0. The molecule has 6 unspecified atom stereocenters. The van der Waals surface area contributed by atoms with Crippen LogP contribution in [0.1, 0.15) is 107 Å². The minimum atomic E-state index is -1.13. The average Bonchev–Trinajstić information content (AvgIpc) is 3.96. The summed E-state index contributed by atoms with van der Waals surface area (Å²) in [5.74, 6) is 11.8. The fourth-order valence-electron chi connectivity index (χ4n) is 8.14. The van der Waals surface area contributed by atoms with Crippen LogP contribution in [-0.2, 0) is 29.4 Å². The smallest absolute Gasteiger partial charge is 0.330 e. The Morgan fingerprint density at radius 3 is 1.48 bits per heavy atom. The van der Waals surface area contributed by atoms with Gasteiger partial charge in [-0.2, -0.15) is 0 Å². The van der Waals surface area contributed by atoms with E-state index in [0.29, 0.717) is 30.8 Å². The molecule has 2 saturated heterocycles. The molecule has 6 atom stereocenters. The average molecular weight is 1040 g/mol. The molecule has 2 aliphatic rings. The van der Waals surface area contributed by atoms with Crippen molar-refractivity contribution in [2.45, 2.75) is 110 Å². The first-order chi connectivity index (χ1) is 35.2. The summed E-state index contributed by atoms with van der Waals surface area (Å²) in [5, 5.41) is 35.3. The van der Waals surface area contributed by atoms with Crippen LogP contribution in [0.5, 0.6) is 11.5 Å². The number of ether oxygens (including phenoxy) is 5. The number of aromatic amines is 2. The van der Waals surface area contributed by atoms with Crippen molar-refractivity contribution in [3.05, 3.63) is 161 Å². The van der Waals surface area contributed by atoms with Crippen molar-refractivity contribution < 1.29 is 48.6 Å². The van der Waals surface area contributed by atoms with Crippen LogP contribution in [0.2, 0.25) is 0 Å². The second-order valence-electron chi connectivity index (χ2n) is 16.9. The Labute approximate surface area is 435 Å². The summed E-state index contributed by atoms with van der Waals surface area (Å²) in [5.41, 5.74) is -1.29. The number of benzene rings is 3. The Balaban J connectivity index is 0.000000382. The van der Waals surface area contributed by atoms with E-state index in [4.69, 9.17) is 28.8 Å². The molecule has 0 bridgehead atoms. The normalized spacial score (nSPS) is 18.5. The van der Waals surface area contributed by atoms with Gasteiger partial charge in [0.1, 0.15) is 52.9 Å². The molecule has 75 heavy (non-hydrogen) atoms. The SMILES string of the molecule is C.C.CCCC(=O)NCC#Cc1cn(C2CC(O)C(CO)O2)c(=O)[nH]c1=O.CCCC(=O)NCC#Cc1cn(C2CC(O)C(COC(c3ccccc3)(c3ccc(OC)cc3)c3ccc(OC)cc3)O2)c(=O)[nH]c1=O. The van der Waals surface area contributed by atoms with Gasteiger partial charge in [-0.05, 0) is 53.8 Å². The number of rotatable bonds is 17. The lowest BCUT2D eigenvalue weighted by Crippen LogP contribution is -2.38. The van der Waals surface area contributed by atoms with Gasteiger partial charge in [-0.3, -0.25) is 38.3 Å². The number of aromatic nitrogens is 4. The van der Waals surface area contributed by atoms with Gasteiger partial charge in [-0.15, -0.1) is 0 Å². The molecule has 2 amide bonds.